The standard InChI is InChI=1S/C16H10Cl2F3NO6.ClH/c1-15(14(23)24,22(25)26)28-10-4-2-3-9(7-10)27-13-11(17)5-8(6-12(13)18)16(19,20)21;/h2-7H,1H3,(H,23,24);1H. The molecule has 0 amide bonds. The molecule has 7 nitrogen and oxygen atoms in total. The molecule has 158 valence electrons. The molecule has 1 N–H and O–H groups in total. The van der Waals surface area contributed by atoms with Crippen LogP contribution in [0.1, 0.15) is 12.5 Å². The van der Waals surface area contributed by atoms with Gasteiger partial charge in [0.25, 0.3) is 0 Å². The quantitative estimate of drug-likeness (QED) is 0.327. The lowest BCUT2D eigenvalue weighted by Crippen LogP contribution is -2.48. The number of nitrogens with zero attached hydrogens (tertiary/aromatic N) is 1. The van der Waals surface area contributed by atoms with Crippen LogP contribution in [0.25, 0.3) is 0 Å². The highest BCUT2D eigenvalue weighted by molar-refractivity contribution is 6.37. The van der Waals surface area contributed by atoms with E-state index in [-0.39, 0.29) is 29.7 Å². The number of carbonyl (C=O) groups is 1. The highest BCUT2D eigenvalue weighted by atomic mass is 35.5. The number of carboxylic acids is 1. The first-order valence-corrected chi connectivity index (χ1v) is 8.01. The number of alkyl halides is 3. The van der Waals surface area contributed by atoms with Gasteiger partial charge in [-0.05, 0) is 24.3 Å². The minimum absolute atomic E-state index is 0. The van der Waals surface area contributed by atoms with E-state index in [2.05, 4.69) is 0 Å². The predicted molar refractivity (Wildman–Crippen MR) is 98.9 cm³/mol. The van der Waals surface area contributed by atoms with Crippen LogP contribution in [0.3, 0.4) is 0 Å². The lowest BCUT2D eigenvalue weighted by atomic mass is 10.2. The third-order valence-corrected chi connectivity index (χ3v) is 3.97. The molecule has 0 heterocycles. The Hall–Kier alpha value is -2.43. The van der Waals surface area contributed by atoms with Gasteiger partial charge in [0.15, 0.2) is 5.75 Å². The van der Waals surface area contributed by atoms with E-state index in [1.165, 1.54) is 18.2 Å². The molecule has 0 aromatic heterocycles. The first kappa shape index (κ1) is 24.6. The van der Waals surface area contributed by atoms with E-state index in [1.807, 2.05) is 0 Å². The molecule has 0 radical (unpaired) electrons. The lowest BCUT2D eigenvalue weighted by molar-refractivity contribution is -0.593. The highest BCUT2D eigenvalue weighted by Crippen LogP contribution is 2.42. The summed E-state index contributed by atoms with van der Waals surface area (Å²) < 4.78 is 48.6. The molecular weight excluding hydrogens is 466 g/mol. The summed E-state index contributed by atoms with van der Waals surface area (Å²) in [6.07, 6.45) is -4.66. The summed E-state index contributed by atoms with van der Waals surface area (Å²) >= 11 is 11.6. The number of rotatable bonds is 6. The van der Waals surface area contributed by atoms with Crippen molar-refractivity contribution in [2.45, 2.75) is 18.8 Å². The maximum absolute atomic E-state index is 12.8. The second-order valence-corrected chi connectivity index (χ2v) is 6.31. The fraction of sp³-hybridized carbons (Fsp3) is 0.188. The molecule has 0 spiro atoms. The number of ether oxygens (including phenoxy) is 2. The van der Waals surface area contributed by atoms with E-state index < -0.39 is 38.4 Å². The van der Waals surface area contributed by atoms with Crippen LogP contribution in [0.2, 0.25) is 10.0 Å². The van der Waals surface area contributed by atoms with Gasteiger partial charge in [-0.2, -0.15) is 13.2 Å². The Morgan fingerprint density at radius 1 is 1.14 bits per heavy atom. The summed E-state index contributed by atoms with van der Waals surface area (Å²) in [6, 6.07) is 6.22. The molecule has 0 aliphatic carbocycles. The Kier molecular flexibility index (Phi) is 7.58. The number of hydrogen-bond donors (Lipinski definition) is 1. The van der Waals surface area contributed by atoms with Crippen molar-refractivity contribution in [1.82, 2.24) is 0 Å². The molecule has 0 aliphatic heterocycles. The van der Waals surface area contributed by atoms with Gasteiger partial charge in [-0.1, -0.05) is 29.3 Å². The number of aliphatic carboxylic acids is 1. The summed E-state index contributed by atoms with van der Waals surface area (Å²) in [5.74, 6) is -2.42. The van der Waals surface area contributed by atoms with Crippen LogP contribution in [0.5, 0.6) is 17.2 Å². The van der Waals surface area contributed by atoms with E-state index in [9.17, 15) is 28.1 Å². The first-order valence-electron chi connectivity index (χ1n) is 7.25. The van der Waals surface area contributed by atoms with E-state index >= 15 is 0 Å². The van der Waals surface area contributed by atoms with Gasteiger partial charge in [0.05, 0.1) is 27.5 Å². The molecule has 0 fully saturated rings. The summed E-state index contributed by atoms with van der Waals surface area (Å²) in [5, 5.41) is 19.1. The zero-order valence-electron chi connectivity index (χ0n) is 14.2. The van der Waals surface area contributed by atoms with E-state index in [1.54, 1.807) is 0 Å². The molecule has 2 aromatic rings. The fourth-order valence-electron chi connectivity index (χ4n) is 1.93. The molecule has 0 saturated heterocycles. The van der Waals surface area contributed by atoms with Crippen LogP contribution in [-0.2, 0) is 11.0 Å². The normalized spacial score (nSPS) is 13.0. The van der Waals surface area contributed by atoms with Crippen molar-refractivity contribution in [1.29, 1.82) is 0 Å². The third-order valence-electron chi connectivity index (χ3n) is 3.41. The highest BCUT2D eigenvalue weighted by Gasteiger charge is 2.49. The Bertz CT molecular complexity index is 901. The van der Waals surface area contributed by atoms with Gasteiger partial charge in [0.1, 0.15) is 11.5 Å². The molecule has 29 heavy (non-hydrogen) atoms. The number of carboxylic acid groups (broad SMARTS) is 1. The molecular formula is C16H11Cl3F3NO6. The average Bonchev–Trinajstić information content (AvgIpc) is 2.57. The molecule has 1 unspecified atom stereocenters. The summed E-state index contributed by atoms with van der Waals surface area (Å²) in [5.41, 5.74) is -3.84. The van der Waals surface area contributed by atoms with Crippen LogP contribution < -0.4 is 9.47 Å². The van der Waals surface area contributed by atoms with Crippen molar-refractivity contribution in [3.63, 3.8) is 0 Å². The van der Waals surface area contributed by atoms with Crippen LogP contribution in [0.15, 0.2) is 36.4 Å². The van der Waals surface area contributed by atoms with Gasteiger partial charge in [-0.3, -0.25) is 10.1 Å². The molecule has 0 bridgehead atoms. The minimum Gasteiger partial charge on any atom is -0.473 e. The molecule has 2 aromatic carbocycles. The summed E-state index contributed by atoms with van der Waals surface area (Å²) in [6.45, 7) is 0.743. The van der Waals surface area contributed by atoms with Crippen LogP contribution in [0, 0.1) is 10.1 Å². The number of benzene rings is 2. The van der Waals surface area contributed by atoms with E-state index in [0.717, 1.165) is 13.0 Å². The second-order valence-electron chi connectivity index (χ2n) is 5.49. The van der Waals surface area contributed by atoms with Gasteiger partial charge < -0.3 is 14.6 Å². The first-order chi connectivity index (χ1) is 12.8. The number of nitro groups is 1. The topological polar surface area (TPSA) is 98.9 Å². The molecule has 13 heteroatoms. The maximum atomic E-state index is 12.8. The Morgan fingerprint density at radius 2 is 1.66 bits per heavy atom. The number of hydrogen-bond acceptors (Lipinski definition) is 5. The predicted octanol–water partition coefficient (Wildman–Crippen LogP) is 5.68. The van der Waals surface area contributed by atoms with Crippen molar-refractivity contribution in [3.8, 4) is 17.2 Å². The van der Waals surface area contributed by atoms with Gasteiger partial charge >= 0.3 is 17.9 Å². The Labute approximate surface area is 177 Å². The maximum Gasteiger partial charge on any atom is 0.457 e. The van der Waals surface area contributed by atoms with Crippen LogP contribution in [-0.4, -0.2) is 21.7 Å². The van der Waals surface area contributed by atoms with Crippen molar-refractivity contribution < 1.29 is 37.5 Å². The molecule has 0 aliphatic rings. The zero-order valence-corrected chi connectivity index (χ0v) is 16.5. The summed E-state index contributed by atoms with van der Waals surface area (Å²) in [4.78, 5) is 21.0. The van der Waals surface area contributed by atoms with Gasteiger partial charge in [-0.25, -0.2) is 4.79 Å². The van der Waals surface area contributed by atoms with Crippen molar-refractivity contribution in [3.05, 3.63) is 62.1 Å². The summed E-state index contributed by atoms with van der Waals surface area (Å²) in [7, 11) is 0. The van der Waals surface area contributed by atoms with Crippen molar-refractivity contribution >= 4 is 41.6 Å². The van der Waals surface area contributed by atoms with E-state index in [4.69, 9.17) is 37.8 Å². The molecule has 2 rings (SSSR count). The van der Waals surface area contributed by atoms with Crippen LogP contribution >= 0.6 is 35.6 Å². The molecule has 1 atom stereocenters. The monoisotopic (exact) mass is 475 g/mol. The Balaban J connectivity index is 0.00000420. The van der Waals surface area contributed by atoms with Crippen molar-refractivity contribution in [2.24, 2.45) is 0 Å². The zero-order chi connectivity index (χ0) is 21.3. The Morgan fingerprint density at radius 3 is 2.10 bits per heavy atom. The van der Waals surface area contributed by atoms with Gasteiger partial charge in [-0.15, -0.1) is 12.4 Å². The van der Waals surface area contributed by atoms with Crippen molar-refractivity contribution in [2.75, 3.05) is 0 Å². The number of halogens is 6. The third kappa shape index (κ3) is 5.55. The SMILES string of the molecule is CC(Oc1cccc(Oc2c(Cl)cc(C(F)(F)F)cc2Cl)c1)(C(=O)O)[N+](=O)[O-].Cl. The molecule has 0 saturated carbocycles. The van der Waals surface area contributed by atoms with Gasteiger partial charge in [0, 0.05) is 6.07 Å². The largest absolute Gasteiger partial charge is 0.473 e. The lowest BCUT2D eigenvalue weighted by Gasteiger charge is -2.18. The minimum atomic E-state index is -4.66. The fourth-order valence-corrected chi connectivity index (χ4v) is 2.49. The van der Waals surface area contributed by atoms with Gasteiger partial charge in [0.2, 0.25) is 0 Å². The average molecular weight is 477 g/mol. The smallest absolute Gasteiger partial charge is 0.457 e. The van der Waals surface area contributed by atoms with Crippen LogP contribution in [0.4, 0.5) is 13.2 Å². The van der Waals surface area contributed by atoms with E-state index in [0.29, 0.717) is 12.1 Å². The second kappa shape index (κ2) is 8.93.